The lowest BCUT2D eigenvalue weighted by molar-refractivity contribution is -0.0505. The Hall–Kier alpha value is -1.61. The smallest absolute Gasteiger partial charge is 0.387 e. The van der Waals surface area contributed by atoms with E-state index in [0.29, 0.717) is 48.6 Å². The zero-order valence-corrected chi connectivity index (χ0v) is 20.4. The molecule has 0 unspecified atom stereocenters. The molecular formula is C18H27F2IN4O5S. The van der Waals surface area contributed by atoms with Crippen molar-refractivity contribution in [3.63, 3.8) is 0 Å². The van der Waals surface area contributed by atoms with Gasteiger partial charge in [-0.3, -0.25) is 4.99 Å². The zero-order chi connectivity index (χ0) is 21.7. The highest BCUT2D eigenvalue weighted by atomic mass is 127. The summed E-state index contributed by atoms with van der Waals surface area (Å²) in [6, 6.07) is 2.98. The Labute approximate surface area is 197 Å². The van der Waals surface area contributed by atoms with E-state index in [1.807, 2.05) is 0 Å². The lowest BCUT2D eigenvalue weighted by Gasteiger charge is -2.30. The normalized spacial score (nSPS) is 17.4. The second-order valence-corrected chi connectivity index (χ2v) is 9.09. The van der Waals surface area contributed by atoms with Gasteiger partial charge in [0.15, 0.2) is 17.5 Å². The number of piperidine rings is 1. The van der Waals surface area contributed by atoms with Crippen molar-refractivity contribution in [3.05, 3.63) is 17.7 Å². The molecule has 176 valence electrons. The van der Waals surface area contributed by atoms with Crippen LogP contribution in [0.2, 0.25) is 0 Å². The van der Waals surface area contributed by atoms with Crippen LogP contribution in [0.25, 0.3) is 0 Å². The average Bonchev–Trinajstić information content (AvgIpc) is 3.14. The number of hydrogen-bond donors (Lipinski definition) is 2. The highest BCUT2D eigenvalue weighted by molar-refractivity contribution is 14.0. The van der Waals surface area contributed by atoms with Gasteiger partial charge in [0.1, 0.15) is 5.75 Å². The summed E-state index contributed by atoms with van der Waals surface area (Å²) in [5.41, 5.74) is 0.476. The van der Waals surface area contributed by atoms with E-state index in [1.165, 1.54) is 16.6 Å². The van der Waals surface area contributed by atoms with Crippen LogP contribution in [0.1, 0.15) is 18.4 Å². The van der Waals surface area contributed by atoms with Crippen molar-refractivity contribution < 1.29 is 31.4 Å². The summed E-state index contributed by atoms with van der Waals surface area (Å²) in [7, 11) is -1.54. The fraction of sp³-hybridized carbons (Fsp3) is 0.611. The number of fused-ring (bicyclic) bond motifs is 1. The molecule has 2 aliphatic rings. The van der Waals surface area contributed by atoms with Crippen LogP contribution >= 0.6 is 24.0 Å². The van der Waals surface area contributed by atoms with E-state index in [0.717, 1.165) is 12.8 Å². The van der Waals surface area contributed by atoms with Crippen LogP contribution in [-0.4, -0.2) is 65.0 Å². The van der Waals surface area contributed by atoms with Crippen molar-refractivity contribution in [1.29, 1.82) is 0 Å². The Morgan fingerprint density at radius 1 is 1.26 bits per heavy atom. The molecule has 1 aromatic rings. The maximum atomic E-state index is 12.8. The van der Waals surface area contributed by atoms with Gasteiger partial charge in [-0.15, -0.1) is 24.0 Å². The molecule has 0 atom stereocenters. The number of hydrogen-bond acceptors (Lipinski definition) is 6. The molecule has 2 N–H and O–H groups in total. The number of halogens is 3. The number of aliphatic imine (C=N–C) groups is 1. The van der Waals surface area contributed by atoms with Gasteiger partial charge in [0.25, 0.3) is 0 Å². The first-order chi connectivity index (χ1) is 14.3. The van der Waals surface area contributed by atoms with Crippen LogP contribution in [-0.2, 0) is 16.6 Å². The summed E-state index contributed by atoms with van der Waals surface area (Å²) >= 11 is 0. The van der Waals surface area contributed by atoms with E-state index < -0.39 is 16.6 Å². The third-order valence-electron chi connectivity index (χ3n) is 5.04. The minimum Gasteiger partial charge on any atom is -0.454 e. The standard InChI is InChI=1S/C18H26F2N4O5S.HI/c1-21-18(22-9-12-3-5-24(6-4-12)30(2,25)26)23-10-13-7-15-16(28-11-27-15)8-14(13)29-17(19)20;/h7-8,12,17H,3-6,9-11H2,1-2H3,(H2,21,22,23);1H. The molecule has 3 rings (SSSR count). The molecule has 0 amide bonds. The quantitative estimate of drug-likeness (QED) is 0.291. The van der Waals surface area contributed by atoms with Crippen LogP contribution in [0.4, 0.5) is 8.78 Å². The fourth-order valence-corrected chi connectivity index (χ4v) is 4.27. The topological polar surface area (TPSA) is 101 Å². The third kappa shape index (κ3) is 7.20. The van der Waals surface area contributed by atoms with E-state index >= 15 is 0 Å². The molecule has 0 aromatic heterocycles. The lowest BCUT2D eigenvalue weighted by Crippen LogP contribution is -2.43. The molecule has 1 aromatic carbocycles. The lowest BCUT2D eigenvalue weighted by atomic mass is 9.98. The molecule has 0 saturated carbocycles. The summed E-state index contributed by atoms with van der Waals surface area (Å²) in [6.07, 6.45) is 2.73. The van der Waals surface area contributed by atoms with Crippen LogP contribution in [0.3, 0.4) is 0 Å². The molecule has 1 fully saturated rings. The summed E-state index contributed by atoms with van der Waals surface area (Å²) in [5.74, 6) is 1.64. The van der Waals surface area contributed by atoms with Gasteiger partial charge in [-0.2, -0.15) is 8.78 Å². The number of sulfonamides is 1. The number of guanidine groups is 1. The van der Waals surface area contributed by atoms with Crippen molar-refractivity contribution in [3.8, 4) is 17.2 Å². The van der Waals surface area contributed by atoms with Crippen LogP contribution in [0.5, 0.6) is 17.2 Å². The van der Waals surface area contributed by atoms with Crippen molar-refractivity contribution >= 4 is 40.0 Å². The molecule has 0 radical (unpaired) electrons. The zero-order valence-electron chi connectivity index (χ0n) is 17.3. The second kappa shape index (κ2) is 11.3. The first-order valence-electron chi connectivity index (χ1n) is 9.53. The highest BCUT2D eigenvalue weighted by Gasteiger charge is 2.25. The second-order valence-electron chi connectivity index (χ2n) is 7.10. The van der Waals surface area contributed by atoms with Crippen molar-refractivity contribution in [1.82, 2.24) is 14.9 Å². The van der Waals surface area contributed by atoms with Gasteiger partial charge < -0.3 is 24.8 Å². The first-order valence-corrected chi connectivity index (χ1v) is 11.4. The van der Waals surface area contributed by atoms with Gasteiger partial charge in [-0.1, -0.05) is 0 Å². The summed E-state index contributed by atoms with van der Waals surface area (Å²) < 4.78 is 65.3. The Kier molecular flexibility index (Phi) is 9.36. The van der Waals surface area contributed by atoms with E-state index in [-0.39, 0.29) is 43.1 Å². The minimum absolute atomic E-state index is 0. The van der Waals surface area contributed by atoms with E-state index in [2.05, 4.69) is 20.4 Å². The van der Waals surface area contributed by atoms with Gasteiger partial charge in [-0.05, 0) is 24.8 Å². The molecular weight excluding hydrogens is 549 g/mol. The van der Waals surface area contributed by atoms with Gasteiger partial charge in [-0.25, -0.2) is 12.7 Å². The van der Waals surface area contributed by atoms with Crippen molar-refractivity contribution in [2.45, 2.75) is 26.0 Å². The Morgan fingerprint density at radius 2 is 1.90 bits per heavy atom. The summed E-state index contributed by atoms with van der Waals surface area (Å²) in [6.45, 7) is -1.11. The van der Waals surface area contributed by atoms with Gasteiger partial charge in [0.2, 0.25) is 16.8 Å². The maximum absolute atomic E-state index is 12.8. The minimum atomic E-state index is -3.15. The molecule has 9 nitrogen and oxygen atoms in total. The van der Waals surface area contributed by atoms with E-state index in [4.69, 9.17) is 9.47 Å². The molecule has 13 heteroatoms. The molecule has 31 heavy (non-hydrogen) atoms. The fourth-order valence-electron chi connectivity index (χ4n) is 3.39. The Morgan fingerprint density at radius 3 is 2.48 bits per heavy atom. The van der Waals surface area contributed by atoms with E-state index in [1.54, 1.807) is 13.1 Å². The third-order valence-corrected chi connectivity index (χ3v) is 6.35. The summed E-state index contributed by atoms with van der Waals surface area (Å²) in [4.78, 5) is 4.15. The molecule has 0 bridgehead atoms. The highest BCUT2D eigenvalue weighted by Crippen LogP contribution is 2.38. The van der Waals surface area contributed by atoms with Crippen LogP contribution in [0, 0.1) is 5.92 Å². The molecule has 2 aliphatic heterocycles. The summed E-state index contributed by atoms with van der Waals surface area (Å²) in [5, 5.41) is 6.28. The molecule has 1 saturated heterocycles. The van der Waals surface area contributed by atoms with Crippen LogP contribution < -0.4 is 24.8 Å². The van der Waals surface area contributed by atoms with Gasteiger partial charge in [0, 0.05) is 44.9 Å². The number of alkyl halides is 2. The monoisotopic (exact) mass is 576 g/mol. The number of benzene rings is 1. The average molecular weight is 576 g/mol. The van der Waals surface area contributed by atoms with E-state index in [9.17, 15) is 17.2 Å². The number of rotatable bonds is 7. The maximum Gasteiger partial charge on any atom is 0.387 e. The van der Waals surface area contributed by atoms with Crippen molar-refractivity contribution in [2.75, 3.05) is 39.7 Å². The molecule has 2 heterocycles. The first kappa shape index (κ1) is 25.6. The predicted molar refractivity (Wildman–Crippen MR) is 122 cm³/mol. The number of nitrogens with zero attached hydrogens (tertiary/aromatic N) is 2. The Balaban J connectivity index is 0.00000341. The predicted octanol–water partition coefficient (Wildman–Crippen LogP) is 1.97. The van der Waals surface area contributed by atoms with Gasteiger partial charge >= 0.3 is 6.61 Å². The van der Waals surface area contributed by atoms with Gasteiger partial charge in [0.05, 0.1) is 6.26 Å². The van der Waals surface area contributed by atoms with Crippen LogP contribution in [0.15, 0.2) is 17.1 Å². The largest absolute Gasteiger partial charge is 0.454 e. The SMILES string of the molecule is CN=C(NCc1cc2c(cc1OC(F)F)OCO2)NCC1CCN(S(C)(=O)=O)CC1.I. The molecule has 0 spiro atoms. The molecule has 0 aliphatic carbocycles. The Bertz CT molecular complexity index is 880. The number of ether oxygens (including phenoxy) is 3. The number of nitrogens with one attached hydrogen (secondary N) is 2. The van der Waals surface area contributed by atoms with Crippen molar-refractivity contribution in [2.24, 2.45) is 10.9 Å².